The summed E-state index contributed by atoms with van der Waals surface area (Å²) >= 11 is 10.9. The summed E-state index contributed by atoms with van der Waals surface area (Å²) in [5, 5.41) is 14.4. The first-order valence-corrected chi connectivity index (χ1v) is 7.11. The normalized spacial score (nSPS) is 10.3. The van der Waals surface area contributed by atoms with Gasteiger partial charge in [0.1, 0.15) is 0 Å². The van der Waals surface area contributed by atoms with Gasteiger partial charge in [0.2, 0.25) is 0 Å². The lowest BCUT2D eigenvalue weighted by molar-refractivity contribution is 0.0697. The molecule has 94 valence electrons. The SMILES string of the molecule is O=C(O)c1cc(NCc2sccc2Br)ccc1Cl. The van der Waals surface area contributed by atoms with Crippen LogP contribution in [-0.4, -0.2) is 11.1 Å². The number of hydrogen-bond acceptors (Lipinski definition) is 3. The predicted molar refractivity (Wildman–Crippen MR) is 77.8 cm³/mol. The van der Waals surface area contributed by atoms with E-state index in [0.29, 0.717) is 6.54 Å². The molecule has 3 nitrogen and oxygen atoms in total. The van der Waals surface area contributed by atoms with Gasteiger partial charge in [-0.3, -0.25) is 0 Å². The number of aromatic carboxylic acids is 1. The Bertz CT molecular complexity index is 585. The molecule has 0 aliphatic carbocycles. The summed E-state index contributed by atoms with van der Waals surface area (Å²) in [5.74, 6) is -1.03. The van der Waals surface area contributed by atoms with E-state index >= 15 is 0 Å². The van der Waals surface area contributed by atoms with E-state index < -0.39 is 5.97 Å². The van der Waals surface area contributed by atoms with Gasteiger partial charge >= 0.3 is 5.97 Å². The van der Waals surface area contributed by atoms with Crippen LogP contribution in [0.25, 0.3) is 0 Å². The summed E-state index contributed by atoms with van der Waals surface area (Å²) in [5.41, 5.74) is 0.837. The highest BCUT2D eigenvalue weighted by molar-refractivity contribution is 9.10. The van der Waals surface area contributed by atoms with Crippen LogP contribution in [0.3, 0.4) is 0 Å². The first-order chi connectivity index (χ1) is 8.58. The lowest BCUT2D eigenvalue weighted by Crippen LogP contribution is -2.02. The molecule has 0 fully saturated rings. The quantitative estimate of drug-likeness (QED) is 0.858. The Balaban J connectivity index is 2.13. The molecule has 0 saturated heterocycles. The summed E-state index contributed by atoms with van der Waals surface area (Å²) in [6.45, 7) is 0.638. The Morgan fingerprint density at radius 1 is 1.44 bits per heavy atom. The molecule has 0 saturated carbocycles. The molecule has 0 unspecified atom stereocenters. The summed E-state index contributed by atoms with van der Waals surface area (Å²) in [7, 11) is 0. The Kier molecular flexibility index (Phi) is 4.27. The zero-order valence-electron chi connectivity index (χ0n) is 9.11. The van der Waals surface area contributed by atoms with Crippen molar-refractivity contribution in [2.24, 2.45) is 0 Å². The molecule has 6 heteroatoms. The van der Waals surface area contributed by atoms with E-state index in [9.17, 15) is 4.79 Å². The third kappa shape index (κ3) is 3.04. The summed E-state index contributed by atoms with van der Waals surface area (Å²) in [4.78, 5) is 12.1. The maximum absolute atomic E-state index is 10.9. The number of thiophene rings is 1. The number of nitrogens with one attached hydrogen (secondary N) is 1. The number of rotatable bonds is 4. The number of halogens is 2. The highest BCUT2D eigenvalue weighted by atomic mass is 79.9. The third-order valence-electron chi connectivity index (χ3n) is 2.34. The molecule has 1 aromatic heterocycles. The minimum atomic E-state index is -1.03. The smallest absolute Gasteiger partial charge is 0.337 e. The van der Waals surface area contributed by atoms with Crippen LogP contribution in [0.4, 0.5) is 5.69 Å². The second-order valence-corrected chi connectivity index (χ2v) is 5.81. The molecule has 0 aliphatic heterocycles. The van der Waals surface area contributed by atoms with Gasteiger partial charge in [0.05, 0.1) is 17.1 Å². The zero-order valence-corrected chi connectivity index (χ0v) is 12.3. The van der Waals surface area contributed by atoms with Crippen molar-refractivity contribution < 1.29 is 9.90 Å². The van der Waals surface area contributed by atoms with Gasteiger partial charge in [-0.05, 0) is 45.6 Å². The van der Waals surface area contributed by atoms with Crippen molar-refractivity contribution in [2.45, 2.75) is 6.54 Å². The first-order valence-electron chi connectivity index (χ1n) is 5.06. The van der Waals surface area contributed by atoms with Crippen molar-refractivity contribution in [1.29, 1.82) is 0 Å². The van der Waals surface area contributed by atoms with Gasteiger partial charge in [-0.2, -0.15) is 0 Å². The van der Waals surface area contributed by atoms with Gasteiger partial charge in [-0.25, -0.2) is 4.79 Å². The largest absolute Gasteiger partial charge is 0.478 e. The van der Waals surface area contributed by atoms with Crippen LogP contribution in [0.2, 0.25) is 5.02 Å². The van der Waals surface area contributed by atoms with Crippen molar-refractivity contribution >= 4 is 50.5 Å². The van der Waals surface area contributed by atoms with Crippen LogP contribution < -0.4 is 5.32 Å². The standard InChI is InChI=1S/C12H9BrClNO2S/c13-9-3-4-18-11(9)6-15-7-1-2-10(14)8(5-7)12(16)17/h1-5,15H,6H2,(H,16,17). The molecular weight excluding hydrogens is 338 g/mol. The first kappa shape index (κ1) is 13.4. The number of hydrogen-bond donors (Lipinski definition) is 2. The van der Waals surface area contributed by atoms with Crippen LogP contribution in [0.1, 0.15) is 15.2 Å². The van der Waals surface area contributed by atoms with E-state index in [0.717, 1.165) is 15.0 Å². The summed E-state index contributed by atoms with van der Waals surface area (Å²) < 4.78 is 1.05. The van der Waals surface area contributed by atoms with Gasteiger partial charge < -0.3 is 10.4 Å². The number of carboxylic acid groups (broad SMARTS) is 1. The lowest BCUT2D eigenvalue weighted by atomic mass is 10.2. The molecule has 1 aromatic carbocycles. The fourth-order valence-electron chi connectivity index (χ4n) is 1.43. The van der Waals surface area contributed by atoms with Crippen LogP contribution in [0.5, 0.6) is 0 Å². The maximum atomic E-state index is 10.9. The molecule has 2 aromatic rings. The lowest BCUT2D eigenvalue weighted by Gasteiger charge is -2.07. The maximum Gasteiger partial charge on any atom is 0.337 e. The Labute approximate surface area is 122 Å². The monoisotopic (exact) mass is 345 g/mol. The Morgan fingerprint density at radius 2 is 2.22 bits per heavy atom. The topological polar surface area (TPSA) is 49.3 Å². The van der Waals surface area contributed by atoms with Crippen LogP contribution in [0.15, 0.2) is 34.1 Å². The van der Waals surface area contributed by atoms with Gasteiger partial charge in [0, 0.05) is 15.0 Å². The minimum Gasteiger partial charge on any atom is -0.478 e. The molecule has 2 rings (SSSR count). The molecule has 0 aliphatic rings. The number of anilines is 1. The van der Waals surface area contributed by atoms with Crippen molar-refractivity contribution in [1.82, 2.24) is 0 Å². The summed E-state index contributed by atoms with van der Waals surface area (Å²) in [6, 6.07) is 6.85. The average Bonchev–Trinajstić information content (AvgIpc) is 2.73. The van der Waals surface area contributed by atoms with E-state index in [2.05, 4.69) is 21.2 Å². The molecule has 0 amide bonds. The van der Waals surface area contributed by atoms with Crippen molar-refractivity contribution in [2.75, 3.05) is 5.32 Å². The van der Waals surface area contributed by atoms with Crippen LogP contribution in [-0.2, 0) is 6.54 Å². The predicted octanol–water partition coefficient (Wildman–Crippen LogP) is 4.47. The van der Waals surface area contributed by atoms with E-state index in [1.807, 2.05) is 11.4 Å². The second kappa shape index (κ2) is 5.73. The van der Waals surface area contributed by atoms with Crippen molar-refractivity contribution in [3.63, 3.8) is 0 Å². The fourth-order valence-corrected chi connectivity index (χ4v) is 3.06. The highest BCUT2D eigenvalue weighted by Gasteiger charge is 2.09. The van der Waals surface area contributed by atoms with E-state index in [4.69, 9.17) is 16.7 Å². The second-order valence-electron chi connectivity index (χ2n) is 3.55. The molecule has 18 heavy (non-hydrogen) atoms. The molecule has 0 spiro atoms. The van der Waals surface area contributed by atoms with Gasteiger partial charge in [-0.1, -0.05) is 11.6 Å². The van der Waals surface area contributed by atoms with Gasteiger partial charge in [-0.15, -0.1) is 11.3 Å². The molecule has 0 radical (unpaired) electrons. The van der Waals surface area contributed by atoms with Gasteiger partial charge in [0.25, 0.3) is 0 Å². The number of benzene rings is 1. The van der Waals surface area contributed by atoms with Gasteiger partial charge in [0.15, 0.2) is 0 Å². The fraction of sp³-hybridized carbons (Fsp3) is 0.0833. The third-order valence-corrected chi connectivity index (χ3v) is 4.60. The number of carboxylic acids is 1. The zero-order chi connectivity index (χ0) is 13.1. The number of carbonyl (C=O) groups is 1. The Morgan fingerprint density at radius 3 is 2.83 bits per heavy atom. The average molecular weight is 347 g/mol. The van der Waals surface area contributed by atoms with E-state index in [-0.39, 0.29) is 10.6 Å². The molecule has 2 N–H and O–H groups in total. The molecule has 0 bridgehead atoms. The van der Waals surface area contributed by atoms with E-state index in [1.54, 1.807) is 23.5 Å². The molecule has 0 atom stereocenters. The highest BCUT2D eigenvalue weighted by Crippen LogP contribution is 2.25. The van der Waals surface area contributed by atoms with E-state index in [1.165, 1.54) is 6.07 Å². The van der Waals surface area contributed by atoms with Crippen LogP contribution in [0, 0.1) is 0 Å². The molecule has 1 heterocycles. The summed E-state index contributed by atoms with van der Waals surface area (Å²) in [6.07, 6.45) is 0. The van der Waals surface area contributed by atoms with Crippen LogP contribution >= 0.6 is 38.9 Å². The molecular formula is C12H9BrClNO2S. The Hall–Kier alpha value is -1.04. The van der Waals surface area contributed by atoms with Crippen molar-refractivity contribution in [3.05, 3.63) is 49.6 Å². The van der Waals surface area contributed by atoms with Crippen molar-refractivity contribution in [3.8, 4) is 0 Å². The minimum absolute atomic E-state index is 0.104.